The van der Waals surface area contributed by atoms with E-state index in [1.54, 1.807) is 30.1 Å². The number of amides is 1. The molecule has 0 aliphatic heterocycles. The molecular formula is C12H15FN6O. The number of rotatable bonds is 5. The number of nitrogen functional groups attached to an aromatic ring is 1. The molecule has 4 N–H and O–H groups in total. The summed E-state index contributed by atoms with van der Waals surface area (Å²) in [5.41, 5.74) is 1.99. The molecule has 0 saturated heterocycles. The van der Waals surface area contributed by atoms with Crippen LogP contribution in [0.1, 0.15) is 17.3 Å². The summed E-state index contributed by atoms with van der Waals surface area (Å²) >= 11 is 0. The van der Waals surface area contributed by atoms with Crippen LogP contribution in [0.25, 0.3) is 0 Å². The van der Waals surface area contributed by atoms with E-state index in [4.69, 9.17) is 5.84 Å². The van der Waals surface area contributed by atoms with Crippen molar-refractivity contribution >= 4 is 11.7 Å². The molecule has 0 fully saturated rings. The van der Waals surface area contributed by atoms with Gasteiger partial charge in [0, 0.05) is 24.6 Å². The highest BCUT2D eigenvalue weighted by molar-refractivity contribution is 5.95. The zero-order valence-corrected chi connectivity index (χ0v) is 10.9. The van der Waals surface area contributed by atoms with Crippen LogP contribution in [-0.4, -0.2) is 26.7 Å². The van der Waals surface area contributed by atoms with Crippen molar-refractivity contribution in [1.82, 2.24) is 20.1 Å². The minimum absolute atomic E-state index is 0.111. The standard InChI is InChI=1S/C12H15FN6O/c1-8(7-19-6-2-4-16-19)17-12(20)9-3-5-15-11(18-14)10(9)13/h2-6,8H,7,14H2,1H3,(H,15,18)(H,17,20). The van der Waals surface area contributed by atoms with Crippen molar-refractivity contribution in [3.8, 4) is 0 Å². The fourth-order valence-corrected chi connectivity index (χ4v) is 1.76. The topological polar surface area (TPSA) is 97.9 Å². The molecule has 0 aliphatic carbocycles. The molecule has 106 valence electrons. The Bertz CT molecular complexity index is 586. The van der Waals surface area contributed by atoms with Crippen LogP contribution in [0, 0.1) is 5.82 Å². The summed E-state index contributed by atoms with van der Waals surface area (Å²) in [6.45, 7) is 2.30. The molecule has 2 rings (SSSR count). The third-order valence-electron chi connectivity index (χ3n) is 2.67. The number of anilines is 1. The molecule has 1 unspecified atom stereocenters. The Hall–Kier alpha value is -2.48. The Morgan fingerprint density at radius 2 is 2.35 bits per heavy atom. The molecule has 0 bridgehead atoms. The van der Waals surface area contributed by atoms with Crippen molar-refractivity contribution in [2.45, 2.75) is 19.5 Å². The number of hydrogen-bond donors (Lipinski definition) is 3. The van der Waals surface area contributed by atoms with Crippen LogP contribution in [0.4, 0.5) is 10.2 Å². The number of nitrogens with two attached hydrogens (primary N) is 1. The van der Waals surface area contributed by atoms with Gasteiger partial charge in [-0.1, -0.05) is 0 Å². The lowest BCUT2D eigenvalue weighted by Crippen LogP contribution is -2.36. The van der Waals surface area contributed by atoms with Crippen LogP contribution in [-0.2, 0) is 6.54 Å². The fourth-order valence-electron chi connectivity index (χ4n) is 1.76. The van der Waals surface area contributed by atoms with Gasteiger partial charge in [0.2, 0.25) is 0 Å². The second kappa shape index (κ2) is 6.11. The predicted octanol–water partition coefficient (Wildman–Crippen LogP) is 0.521. The Labute approximate surface area is 115 Å². The molecule has 0 spiro atoms. The first-order chi connectivity index (χ1) is 9.61. The molecule has 8 heteroatoms. The Morgan fingerprint density at radius 1 is 1.55 bits per heavy atom. The van der Waals surface area contributed by atoms with Gasteiger partial charge in [-0.3, -0.25) is 9.48 Å². The minimum atomic E-state index is -0.779. The largest absolute Gasteiger partial charge is 0.348 e. The van der Waals surface area contributed by atoms with Gasteiger partial charge in [-0.05, 0) is 19.1 Å². The van der Waals surface area contributed by atoms with E-state index in [0.717, 1.165) is 0 Å². The van der Waals surface area contributed by atoms with Crippen LogP contribution in [0.2, 0.25) is 0 Å². The lowest BCUT2D eigenvalue weighted by molar-refractivity contribution is 0.0932. The number of hydrazine groups is 1. The monoisotopic (exact) mass is 278 g/mol. The predicted molar refractivity (Wildman–Crippen MR) is 71.2 cm³/mol. The molecule has 0 aromatic carbocycles. The molecule has 7 nitrogen and oxygen atoms in total. The zero-order valence-electron chi connectivity index (χ0n) is 10.9. The number of halogens is 1. The molecule has 2 heterocycles. The smallest absolute Gasteiger partial charge is 0.254 e. The maximum Gasteiger partial charge on any atom is 0.254 e. The first-order valence-electron chi connectivity index (χ1n) is 6.01. The van der Waals surface area contributed by atoms with Crippen molar-refractivity contribution in [3.05, 3.63) is 42.1 Å². The van der Waals surface area contributed by atoms with Gasteiger partial charge in [0.25, 0.3) is 5.91 Å². The summed E-state index contributed by atoms with van der Waals surface area (Å²) in [4.78, 5) is 15.7. The average molecular weight is 278 g/mol. The number of nitrogens with one attached hydrogen (secondary N) is 2. The van der Waals surface area contributed by atoms with Crippen LogP contribution in [0.5, 0.6) is 0 Å². The second-order valence-corrected chi connectivity index (χ2v) is 4.27. The summed E-state index contributed by atoms with van der Waals surface area (Å²) in [7, 11) is 0. The van der Waals surface area contributed by atoms with Gasteiger partial charge in [-0.25, -0.2) is 15.2 Å². The third-order valence-corrected chi connectivity index (χ3v) is 2.67. The Morgan fingerprint density at radius 3 is 3.00 bits per heavy atom. The summed E-state index contributed by atoms with van der Waals surface area (Å²) in [5, 5.41) is 6.73. The van der Waals surface area contributed by atoms with Gasteiger partial charge in [-0.2, -0.15) is 5.10 Å². The molecule has 1 atom stereocenters. The first-order valence-corrected chi connectivity index (χ1v) is 6.01. The van der Waals surface area contributed by atoms with Crippen LogP contribution in [0.15, 0.2) is 30.7 Å². The van der Waals surface area contributed by atoms with Gasteiger partial charge >= 0.3 is 0 Å². The van der Waals surface area contributed by atoms with Crippen LogP contribution >= 0.6 is 0 Å². The highest BCUT2D eigenvalue weighted by Gasteiger charge is 2.17. The second-order valence-electron chi connectivity index (χ2n) is 4.27. The number of carbonyl (C=O) groups excluding carboxylic acids is 1. The van der Waals surface area contributed by atoms with Gasteiger partial charge in [0.1, 0.15) is 0 Å². The molecule has 2 aromatic heterocycles. The van der Waals surface area contributed by atoms with Gasteiger partial charge in [0.05, 0.1) is 12.1 Å². The number of pyridine rings is 1. The maximum atomic E-state index is 13.9. The Balaban J connectivity index is 2.04. The normalized spacial score (nSPS) is 11.9. The van der Waals surface area contributed by atoms with Crippen molar-refractivity contribution in [1.29, 1.82) is 0 Å². The molecule has 20 heavy (non-hydrogen) atoms. The lowest BCUT2D eigenvalue weighted by atomic mass is 10.2. The van der Waals surface area contributed by atoms with Crippen LogP contribution in [0.3, 0.4) is 0 Å². The fraction of sp³-hybridized carbons (Fsp3) is 0.250. The van der Waals surface area contributed by atoms with Gasteiger partial charge in [-0.15, -0.1) is 0 Å². The zero-order chi connectivity index (χ0) is 14.5. The van der Waals surface area contributed by atoms with Crippen molar-refractivity contribution in [2.24, 2.45) is 5.84 Å². The third kappa shape index (κ3) is 3.09. The van der Waals surface area contributed by atoms with Crippen LogP contribution < -0.4 is 16.6 Å². The minimum Gasteiger partial charge on any atom is -0.348 e. The van der Waals surface area contributed by atoms with E-state index in [1.807, 2.05) is 0 Å². The summed E-state index contributed by atoms with van der Waals surface area (Å²) < 4.78 is 15.5. The number of nitrogens with zero attached hydrogens (tertiary/aromatic N) is 3. The van der Waals surface area contributed by atoms with E-state index < -0.39 is 11.7 Å². The Kier molecular flexibility index (Phi) is 4.26. The average Bonchev–Trinajstić information content (AvgIpc) is 2.91. The van der Waals surface area contributed by atoms with E-state index in [2.05, 4.69) is 20.8 Å². The number of carbonyl (C=O) groups is 1. The molecular weight excluding hydrogens is 263 g/mol. The number of aromatic nitrogens is 3. The van der Waals surface area contributed by atoms with Crippen molar-refractivity contribution in [3.63, 3.8) is 0 Å². The van der Waals surface area contributed by atoms with Gasteiger partial charge < -0.3 is 10.7 Å². The summed E-state index contributed by atoms with van der Waals surface area (Å²) in [6.07, 6.45) is 4.74. The van der Waals surface area contributed by atoms with E-state index in [-0.39, 0.29) is 17.4 Å². The highest BCUT2D eigenvalue weighted by atomic mass is 19.1. The van der Waals surface area contributed by atoms with Crippen molar-refractivity contribution in [2.75, 3.05) is 5.43 Å². The van der Waals surface area contributed by atoms with E-state index in [0.29, 0.717) is 6.54 Å². The summed E-state index contributed by atoms with van der Waals surface area (Å²) in [5.74, 6) is 3.64. The van der Waals surface area contributed by atoms with E-state index >= 15 is 0 Å². The molecule has 2 aromatic rings. The van der Waals surface area contributed by atoms with E-state index in [9.17, 15) is 9.18 Å². The maximum absolute atomic E-state index is 13.9. The molecule has 0 saturated carbocycles. The van der Waals surface area contributed by atoms with Crippen molar-refractivity contribution < 1.29 is 9.18 Å². The number of hydrogen-bond acceptors (Lipinski definition) is 5. The molecule has 1 amide bonds. The van der Waals surface area contributed by atoms with E-state index in [1.165, 1.54) is 12.3 Å². The molecule has 0 radical (unpaired) electrons. The highest BCUT2D eigenvalue weighted by Crippen LogP contribution is 2.13. The molecule has 0 aliphatic rings. The quantitative estimate of drug-likeness (QED) is 0.547. The first kappa shape index (κ1) is 13.9. The SMILES string of the molecule is CC(Cn1cccn1)NC(=O)c1ccnc(NN)c1F. The summed E-state index contributed by atoms with van der Waals surface area (Å²) in [6, 6.07) is 2.88. The van der Waals surface area contributed by atoms with Gasteiger partial charge in [0.15, 0.2) is 11.6 Å². The lowest BCUT2D eigenvalue weighted by Gasteiger charge is -2.14.